The molecule has 1 aromatic rings. The largest absolute Gasteiger partial charge is 0.502 e. The lowest BCUT2D eigenvalue weighted by Gasteiger charge is -2.01. The first-order valence-electron chi connectivity index (χ1n) is 3.61. The molecule has 5 nitrogen and oxygen atoms in total. The number of carbonyl (C=O) groups is 1. The summed E-state index contributed by atoms with van der Waals surface area (Å²) in [5, 5.41) is 19.5. The molecule has 1 aromatic carbocycles. The van der Waals surface area contributed by atoms with Crippen molar-refractivity contribution in [2.45, 2.75) is 6.92 Å². The number of phenols is 1. The van der Waals surface area contributed by atoms with Crippen molar-refractivity contribution in [3.63, 3.8) is 0 Å². The molecule has 0 aliphatic carbocycles. The van der Waals surface area contributed by atoms with E-state index < -0.39 is 33.5 Å². The molecule has 1 rings (SSSR count). The maximum absolute atomic E-state index is 12.7. The number of Topliss-reactive ketones (excluding diaryl/α,β-unsaturated/α-hetero) is 1. The predicted molar refractivity (Wildman–Crippen MR) is 44.7 cm³/mol. The molecule has 0 unspecified atom stereocenters. The predicted octanol–water partition coefficient (Wildman–Crippen LogP) is 1.64. The molecule has 0 aliphatic rings. The van der Waals surface area contributed by atoms with E-state index in [0.717, 1.165) is 13.0 Å². The third kappa shape index (κ3) is 1.68. The zero-order valence-electron chi connectivity index (χ0n) is 7.15. The van der Waals surface area contributed by atoms with E-state index in [4.69, 9.17) is 5.11 Å². The minimum Gasteiger partial charge on any atom is -0.502 e. The standard InChI is InChI=1S/C8H6FNO4/c1-4(11)6-2-5(9)3-7(12)8(6)10(13)14/h2-3,12H,1H3. The maximum atomic E-state index is 12.7. The molecule has 0 atom stereocenters. The van der Waals surface area contributed by atoms with Crippen LogP contribution in [-0.4, -0.2) is 15.8 Å². The summed E-state index contributed by atoms with van der Waals surface area (Å²) in [6.45, 7) is 1.06. The van der Waals surface area contributed by atoms with Crippen LogP contribution in [0.25, 0.3) is 0 Å². The molecule has 0 aliphatic heterocycles. The summed E-state index contributed by atoms with van der Waals surface area (Å²) in [7, 11) is 0. The first-order chi connectivity index (χ1) is 6.43. The van der Waals surface area contributed by atoms with Crippen LogP contribution in [0.2, 0.25) is 0 Å². The van der Waals surface area contributed by atoms with E-state index in [1.54, 1.807) is 0 Å². The van der Waals surface area contributed by atoms with E-state index in [1.807, 2.05) is 0 Å². The van der Waals surface area contributed by atoms with Gasteiger partial charge in [0.25, 0.3) is 0 Å². The van der Waals surface area contributed by atoms with E-state index in [-0.39, 0.29) is 0 Å². The molecule has 0 heterocycles. The zero-order chi connectivity index (χ0) is 10.9. The summed E-state index contributed by atoms with van der Waals surface area (Å²) >= 11 is 0. The summed E-state index contributed by atoms with van der Waals surface area (Å²) < 4.78 is 12.7. The highest BCUT2D eigenvalue weighted by molar-refractivity contribution is 5.99. The fourth-order valence-corrected chi connectivity index (χ4v) is 1.05. The SMILES string of the molecule is CC(=O)c1cc(F)cc(O)c1[N+](=O)[O-]. The third-order valence-electron chi connectivity index (χ3n) is 1.62. The number of rotatable bonds is 2. The molecule has 0 spiro atoms. The van der Waals surface area contributed by atoms with E-state index in [2.05, 4.69) is 0 Å². The van der Waals surface area contributed by atoms with Crippen LogP contribution in [0.4, 0.5) is 10.1 Å². The molecule has 6 heteroatoms. The van der Waals surface area contributed by atoms with Crippen molar-refractivity contribution in [1.82, 2.24) is 0 Å². The Bertz CT molecular complexity index is 416. The summed E-state index contributed by atoms with van der Waals surface area (Å²) in [6, 6.07) is 1.31. The highest BCUT2D eigenvalue weighted by Gasteiger charge is 2.23. The second-order valence-corrected chi connectivity index (χ2v) is 2.63. The van der Waals surface area contributed by atoms with Crippen LogP contribution in [0, 0.1) is 15.9 Å². The van der Waals surface area contributed by atoms with E-state index in [1.165, 1.54) is 0 Å². The van der Waals surface area contributed by atoms with E-state index >= 15 is 0 Å². The average molecular weight is 199 g/mol. The average Bonchev–Trinajstić information content (AvgIpc) is 2.01. The molecule has 0 bridgehead atoms. The quantitative estimate of drug-likeness (QED) is 0.446. The minimum atomic E-state index is -0.925. The zero-order valence-corrected chi connectivity index (χ0v) is 7.15. The Balaban J connectivity index is 3.52. The summed E-state index contributed by atoms with van der Waals surface area (Å²) in [4.78, 5) is 20.4. The summed E-state index contributed by atoms with van der Waals surface area (Å²) in [5.41, 5.74) is -1.20. The smallest absolute Gasteiger partial charge is 0.321 e. The third-order valence-corrected chi connectivity index (χ3v) is 1.62. The number of nitrogens with zero attached hydrogens (tertiary/aromatic N) is 1. The van der Waals surface area contributed by atoms with Crippen LogP contribution < -0.4 is 0 Å². The van der Waals surface area contributed by atoms with Gasteiger partial charge >= 0.3 is 5.69 Å². The number of halogens is 1. The lowest BCUT2D eigenvalue weighted by atomic mass is 10.1. The molecule has 14 heavy (non-hydrogen) atoms. The van der Waals surface area contributed by atoms with Crippen molar-refractivity contribution >= 4 is 11.5 Å². The number of hydrogen-bond donors (Lipinski definition) is 1. The van der Waals surface area contributed by atoms with Crippen LogP contribution in [0.15, 0.2) is 12.1 Å². The Morgan fingerprint density at radius 2 is 2.14 bits per heavy atom. The molecule has 0 saturated carbocycles. The molecule has 0 amide bonds. The number of carbonyl (C=O) groups excluding carboxylic acids is 1. The van der Waals surface area contributed by atoms with Crippen molar-refractivity contribution in [2.24, 2.45) is 0 Å². The fourth-order valence-electron chi connectivity index (χ4n) is 1.05. The lowest BCUT2D eigenvalue weighted by molar-refractivity contribution is -0.386. The monoisotopic (exact) mass is 199 g/mol. The summed E-state index contributed by atoms with van der Waals surface area (Å²) in [6.07, 6.45) is 0. The van der Waals surface area contributed by atoms with Gasteiger partial charge in [0.05, 0.1) is 4.92 Å². The Hall–Kier alpha value is -1.98. The minimum absolute atomic E-state index is 0.437. The Labute approximate surface area is 77.9 Å². The van der Waals surface area contributed by atoms with Gasteiger partial charge in [-0.15, -0.1) is 0 Å². The second-order valence-electron chi connectivity index (χ2n) is 2.63. The first-order valence-corrected chi connectivity index (χ1v) is 3.61. The van der Waals surface area contributed by atoms with Crippen molar-refractivity contribution in [3.05, 3.63) is 33.6 Å². The lowest BCUT2D eigenvalue weighted by Crippen LogP contribution is -2.01. The van der Waals surface area contributed by atoms with Gasteiger partial charge in [0.2, 0.25) is 0 Å². The van der Waals surface area contributed by atoms with Crippen LogP contribution in [0.5, 0.6) is 5.75 Å². The molecular weight excluding hydrogens is 193 g/mol. The highest BCUT2D eigenvalue weighted by Crippen LogP contribution is 2.30. The highest BCUT2D eigenvalue weighted by atomic mass is 19.1. The van der Waals surface area contributed by atoms with E-state index in [0.29, 0.717) is 6.07 Å². The number of hydrogen-bond acceptors (Lipinski definition) is 4. The van der Waals surface area contributed by atoms with Gasteiger partial charge in [-0.1, -0.05) is 0 Å². The van der Waals surface area contributed by atoms with Gasteiger partial charge in [0.1, 0.15) is 11.4 Å². The maximum Gasteiger partial charge on any atom is 0.321 e. The Kier molecular flexibility index (Phi) is 2.46. The van der Waals surface area contributed by atoms with Gasteiger partial charge in [-0.3, -0.25) is 14.9 Å². The van der Waals surface area contributed by atoms with Crippen molar-refractivity contribution in [1.29, 1.82) is 0 Å². The molecule has 0 aromatic heterocycles. The second kappa shape index (κ2) is 3.41. The Morgan fingerprint density at radius 1 is 1.57 bits per heavy atom. The molecule has 1 N–H and O–H groups in total. The topological polar surface area (TPSA) is 80.4 Å². The Morgan fingerprint density at radius 3 is 2.57 bits per heavy atom. The number of benzene rings is 1. The van der Waals surface area contributed by atoms with Gasteiger partial charge in [-0.2, -0.15) is 0 Å². The number of phenolic OH excluding ortho intramolecular Hbond substituents is 1. The van der Waals surface area contributed by atoms with Gasteiger partial charge in [0, 0.05) is 6.07 Å². The van der Waals surface area contributed by atoms with Gasteiger partial charge in [0.15, 0.2) is 11.5 Å². The van der Waals surface area contributed by atoms with Crippen molar-refractivity contribution in [2.75, 3.05) is 0 Å². The number of aromatic hydroxyl groups is 1. The molecule has 74 valence electrons. The first kappa shape index (κ1) is 10.1. The number of ketones is 1. The molecular formula is C8H6FNO4. The van der Waals surface area contributed by atoms with Gasteiger partial charge in [-0.25, -0.2) is 4.39 Å². The van der Waals surface area contributed by atoms with Crippen molar-refractivity contribution in [3.8, 4) is 5.75 Å². The van der Waals surface area contributed by atoms with Crippen LogP contribution in [-0.2, 0) is 0 Å². The van der Waals surface area contributed by atoms with Crippen LogP contribution in [0.1, 0.15) is 17.3 Å². The molecule has 0 saturated heterocycles. The summed E-state index contributed by atoms with van der Waals surface area (Å²) in [5.74, 6) is -2.41. The van der Waals surface area contributed by atoms with E-state index in [9.17, 15) is 19.3 Å². The normalized spacial score (nSPS) is 9.86. The van der Waals surface area contributed by atoms with Crippen LogP contribution in [0.3, 0.4) is 0 Å². The number of nitro groups is 1. The fraction of sp³-hybridized carbons (Fsp3) is 0.125. The van der Waals surface area contributed by atoms with Gasteiger partial charge in [-0.05, 0) is 13.0 Å². The van der Waals surface area contributed by atoms with Gasteiger partial charge < -0.3 is 5.11 Å². The molecule has 0 fully saturated rings. The van der Waals surface area contributed by atoms with Crippen molar-refractivity contribution < 1.29 is 19.2 Å². The number of nitro benzene ring substituents is 1. The van der Waals surface area contributed by atoms with Crippen LogP contribution >= 0.6 is 0 Å². The molecule has 0 radical (unpaired) electrons.